The summed E-state index contributed by atoms with van der Waals surface area (Å²) in [5, 5.41) is 18.2. The number of amides is 1. The Balaban J connectivity index is 1.49. The first-order chi connectivity index (χ1) is 15.6. The molecule has 0 saturated heterocycles. The van der Waals surface area contributed by atoms with Crippen LogP contribution in [-0.2, 0) is 17.6 Å². The third kappa shape index (κ3) is 4.84. The van der Waals surface area contributed by atoms with Crippen molar-refractivity contribution in [2.24, 2.45) is 0 Å². The highest BCUT2D eigenvalue weighted by Crippen LogP contribution is 2.39. The van der Waals surface area contributed by atoms with Crippen molar-refractivity contribution in [3.05, 3.63) is 81.7 Å². The van der Waals surface area contributed by atoms with Crippen LogP contribution in [0.5, 0.6) is 0 Å². The van der Waals surface area contributed by atoms with Crippen LogP contribution < -0.4 is 10.6 Å². The van der Waals surface area contributed by atoms with Gasteiger partial charge in [0.2, 0.25) is 0 Å². The molecule has 1 amide bonds. The summed E-state index contributed by atoms with van der Waals surface area (Å²) >= 11 is 1.28. The normalized spacial score (nSPS) is 15.1. The number of fused-ring (bicyclic) bond motifs is 1. The van der Waals surface area contributed by atoms with Crippen molar-refractivity contribution in [1.82, 2.24) is 0 Å². The van der Waals surface area contributed by atoms with Crippen LogP contribution in [0.4, 0.5) is 10.7 Å². The molecule has 0 saturated carbocycles. The van der Waals surface area contributed by atoms with Crippen LogP contribution in [0.25, 0.3) is 0 Å². The molecule has 3 N–H and O–H groups in total. The Morgan fingerprint density at radius 1 is 1.12 bits per heavy atom. The predicted molar refractivity (Wildman–Crippen MR) is 127 cm³/mol. The van der Waals surface area contributed by atoms with E-state index in [0.717, 1.165) is 30.5 Å². The predicted octanol–water partition coefficient (Wildman–Crippen LogP) is 5.03. The first-order valence-electron chi connectivity index (χ1n) is 10.6. The number of methoxy groups -OCH3 is 1. The number of hydrogen-bond donors (Lipinski definition) is 3. The molecule has 1 aliphatic carbocycles. The van der Waals surface area contributed by atoms with E-state index in [1.165, 1.54) is 22.5 Å². The van der Waals surface area contributed by atoms with Crippen molar-refractivity contribution in [2.45, 2.75) is 25.2 Å². The third-order valence-corrected chi connectivity index (χ3v) is 6.74. The first-order valence-corrected chi connectivity index (χ1v) is 11.5. The van der Waals surface area contributed by atoms with Gasteiger partial charge in [-0.15, -0.1) is 11.3 Å². The van der Waals surface area contributed by atoms with Gasteiger partial charge in [0.1, 0.15) is 5.00 Å². The fourth-order valence-electron chi connectivity index (χ4n) is 4.16. The fraction of sp³-hybridized carbons (Fsp3) is 0.280. The number of hydrogen-bond acceptors (Lipinski definition) is 5. The Morgan fingerprint density at radius 2 is 1.88 bits per heavy atom. The molecule has 0 spiro atoms. The van der Waals surface area contributed by atoms with E-state index < -0.39 is 5.97 Å². The quantitative estimate of drug-likeness (QED) is 0.419. The van der Waals surface area contributed by atoms with Crippen LogP contribution in [0.2, 0.25) is 0 Å². The maximum absolute atomic E-state index is 12.8. The summed E-state index contributed by atoms with van der Waals surface area (Å²) in [5.74, 6) is -1.19. The summed E-state index contributed by atoms with van der Waals surface area (Å²) in [7, 11) is 1.64. The summed E-state index contributed by atoms with van der Waals surface area (Å²) in [6.45, 7) is 1.27. The number of aryl methyl sites for hydroxylation is 1. The van der Waals surface area contributed by atoms with Gasteiger partial charge in [-0.25, -0.2) is 4.79 Å². The average molecular weight is 451 g/mol. The van der Waals surface area contributed by atoms with Crippen molar-refractivity contribution in [3.63, 3.8) is 0 Å². The second-order valence-electron chi connectivity index (χ2n) is 7.86. The van der Waals surface area contributed by atoms with Gasteiger partial charge in [-0.1, -0.05) is 24.3 Å². The zero-order chi connectivity index (χ0) is 22.5. The topological polar surface area (TPSA) is 87.7 Å². The number of benzene rings is 2. The molecule has 3 aromatic rings. The minimum absolute atomic E-state index is 0.135. The minimum Gasteiger partial charge on any atom is -0.478 e. The molecule has 1 aromatic heterocycles. The average Bonchev–Trinajstić information content (AvgIpc) is 3.23. The molecule has 6 nitrogen and oxygen atoms in total. The van der Waals surface area contributed by atoms with Gasteiger partial charge in [0.25, 0.3) is 5.91 Å². The van der Waals surface area contributed by atoms with Gasteiger partial charge in [0.15, 0.2) is 0 Å². The Labute approximate surface area is 191 Å². The van der Waals surface area contributed by atoms with Crippen LogP contribution in [-0.4, -0.2) is 37.2 Å². The summed E-state index contributed by atoms with van der Waals surface area (Å²) in [5.41, 5.74) is 5.00. The van der Waals surface area contributed by atoms with Gasteiger partial charge < -0.3 is 20.5 Å². The molecule has 0 aliphatic heterocycles. The molecule has 2 aromatic carbocycles. The van der Waals surface area contributed by atoms with E-state index in [0.29, 0.717) is 23.7 Å². The lowest BCUT2D eigenvalue weighted by Gasteiger charge is -2.24. The van der Waals surface area contributed by atoms with Crippen molar-refractivity contribution in [1.29, 1.82) is 0 Å². The minimum atomic E-state index is -1.01. The van der Waals surface area contributed by atoms with Gasteiger partial charge in [-0.2, -0.15) is 0 Å². The van der Waals surface area contributed by atoms with Gasteiger partial charge in [-0.3, -0.25) is 4.79 Å². The molecule has 0 bridgehead atoms. The summed E-state index contributed by atoms with van der Waals surface area (Å²) in [4.78, 5) is 24.9. The fourth-order valence-corrected chi connectivity index (χ4v) is 5.19. The number of carboxylic acids is 1. The number of thiophene rings is 1. The maximum atomic E-state index is 12.8. The number of carbonyl (C=O) groups is 2. The standard InChI is InChI=1S/C25H26N2O4S/c1-31-13-12-26-20-10-8-17(9-11-20)23(28)27-24-22(25(29)30)21(15-32-24)19-7-6-16-4-2-3-5-18(16)14-19/h2-5,8-11,15,19,26H,6-7,12-14H2,1H3,(H,27,28)(H,29,30). The van der Waals surface area contributed by atoms with E-state index in [4.69, 9.17) is 4.74 Å². The van der Waals surface area contributed by atoms with Crippen molar-refractivity contribution < 1.29 is 19.4 Å². The number of nitrogens with one attached hydrogen (secondary N) is 2. The van der Waals surface area contributed by atoms with Crippen molar-refractivity contribution >= 4 is 33.9 Å². The molecule has 7 heteroatoms. The molecule has 1 aliphatic rings. The van der Waals surface area contributed by atoms with Crippen molar-refractivity contribution in [3.8, 4) is 0 Å². The number of ether oxygens (including phenoxy) is 1. The Hall–Kier alpha value is -3.16. The smallest absolute Gasteiger partial charge is 0.339 e. The molecule has 0 radical (unpaired) electrons. The van der Waals surface area contributed by atoms with E-state index >= 15 is 0 Å². The molecule has 166 valence electrons. The number of aromatic carboxylic acids is 1. The number of rotatable bonds is 8. The zero-order valence-corrected chi connectivity index (χ0v) is 18.7. The van der Waals surface area contributed by atoms with Gasteiger partial charge >= 0.3 is 5.97 Å². The van der Waals surface area contributed by atoms with Crippen LogP contribution in [0.3, 0.4) is 0 Å². The highest BCUT2D eigenvalue weighted by atomic mass is 32.1. The lowest BCUT2D eigenvalue weighted by molar-refractivity contribution is 0.0696. The molecule has 1 heterocycles. The van der Waals surface area contributed by atoms with E-state index in [2.05, 4.69) is 22.8 Å². The van der Waals surface area contributed by atoms with Gasteiger partial charge in [0, 0.05) is 24.9 Å². The van der Waals surface area contributed by atoms with Crippen molar-refractivity contribution in [2.75, 3.05) is 30.9 Å². The largest absolute Gasteiger partial charge is 0.478 e. The second kappa shape index (κ2) is 9.97. The molecular formula is C25H26N2O4S. The molecule has 1 atom stereocenters. The monoisotopic (exact) mass is 450 g/mol. The summed E-state index contributed by atoms with van der Waals surface area (Å²) < 4.78 is 5.01. The van der Waals surface area contributed by atoms with Gasteiger partial charge in [0.05, 0.1) is 12.2 Å². The number of anilines is 2. The second-order valence-corrected chi connectivity index (χ2v) is 8.74. The SMILES string of the molecule is COCCNc1ccc(C(=O)Nc2scc(C3CCc4ccccc4C3)c2C(=O)O)cc1. The first kappa shape index (κ1) is 22.0. The Kier molecular flexibility index (Phi) is 6.87. The van der Waals surface area contributed by atoms with Gasteiger partial charge in [-0.05, 0) is 71.5 Å². The summed E-state index contributed by atoms with van der Waals surface area (Å²) in [6, 6.07) is 15.4. The van der Waals surface area contributed by atoms with Crippen LogP contribution in [0.15, 0.2) is 53.9 Å². The Bertz CT molecular complexity index is 1110. The summed E-state index contributed by atoms with van der Waals surface area (Å²) in [6.07, 6.45) is 2.65. The number of carboxylic acid groups (broad SMARTS) is 1. The van der Waals surface area contributed by atoms with E-state index in [9.17, 15) is 14.7 Å². The Morgan fingerprint density at radius 3 is 2.59 bits per heavy atom. The van der Waals surface area contributed by atoms with E-state index in [1.807, 2.05) is 29.6 Å². The highest BCUT2D eigenvalue weighted by molar-refractivity contribution is 7.15. The molecule has 1 unspecified atom stereocenters. The van der Waals surface area contributed by atoms with E-state index in [-0.39, 0.29) is 17.4 Å². The van der Waals surface area contributed by atoms with Crippen LogP contribution in [0.1, 0.15) is 49.7 Å². The highest BCUT2D eigenvalue weighted by Gasteiger charge is 2.28. The third-order valence-electron chi connectivity index (χ3n) is 5.83. The lowest BCUT2D eigenvalue weighted by Crippen LogP contribution is -2.17. The molecule has 32 heavy (non-hydrogen) atoms. The maximum Gasteiger partial charge on any atom is 0.339 e. The van der Waals surface area contributed by atoms with Crippen LogP contribution in [0, 0.1) is 0 Å². The number of carbonyl (C=O) groups excluding carboxylic acids is 1. The molecular weight excluding hydrogens is 424 g/mol. The van der Waals surface area contributed by atoms with E-state index in [1.54, 1.807) is 19.2 Å². The molecule has 0 fully saturated rings. The zero-order valence-electron chi connectivity index (χ0n) is 17.9. The molecule has 4 rings (SSSR count). The lowest BCUT2D eigenvalue weighted by atomic mass is 9.80. The van der Waals surface area contributed by atoms with Crippen LogP contribution >= 0.6 is 11.3 Å².